The number of aliphatic hydroxyl groups is 6. The van der Waals surface area contributed by atoms with Crippen molar-refractivity contribution in [3.05, 3.63) is 60.8 Å². The lowest BCUT2D eigenvalue weighted by Gasteiger charge is -2.40. The van der Waals surface area contributed by atoms with Crippen molar-refractivity contribution < 1.29 is 44.9 Å². The zero-order valence-corrected chi connectivity index (χ0v) is 32.9. The van der Waals surface area contributed by atoms with E-state index in [4.69, 9.17) is 9.47 Å². The predicted octanol–water partition coefficient (Wildman–Crippen LogP) is 6.63. The van der Waals surface area contributed by atoms with Crippen molar-refractivity contribution in [2.24, 2.45) is 0 Å². The fourth-order valence-electron chi connectivity index (χ4n) is 5.94. The first kappa shape index (κ1) is 48.9. The van der Waals surface area contributed by atoms with Gasteiger partial charge in [-0.2, -0.15) is 0 Å². The van der Waals surface area contributed by atoms with Crippen molar-refractivity contribution in [3.63, 3.8) is 0 Å². The van der Waals surface area contributed by atoms with Crippen molar-refractivity contribution in [1.29, 1.82) is 0 Å². The Balaban J connectivity index is 2.59. The SMILES string of the molecule is CCCCCCCC/C=C\C/C=C\CC(O)C(=O)NC(COC1OC(CO)C(O)C(O)C1O)C(O)/C=C/CC/C=C/CC/C=C/CCCCCCCC. The van der Waals surface area contributed by atoms with Crippen LogP contribution in [0.5, 0.6) is 0 Å². The number of hydrogen-bond acceptors (Lipinski definition) is 9. The summed E-state index contributed by atoms with van der Waals surface area (Å²) in [6.07, 6.45) is 31.9. The Kier molecular flexibility index (Phi) is 30.6. The van der Waals surface area contributed by atoms with Crippen molar-refractivity contribution >= 4 is 5.91 Å². The minimum absolute atomic E-state index is 0.0879. The Hall–Kier alpha value is -2.15. The number of carbonyl (C=O) groups is 1. The van der Waals surface area contributed by atoms with Crippen LogP contribution in [0.1, 0.15) is 142 Å². The normalized spacial score (nSPS) is 22.9. The molecular weight excluding hydrogens is 674 g/mol. The highest BCUT2D eigenvalue weighted by Gasteiger charge is 2.44. The van der Waals surface area contributed by atoms with Gasteiger partial charge in [0.1, 0.15) is 30.5 Å². The number of rotatable bonds is 32. The summed E-state index contributed by atoms with van der Waals surface area (Å²) in [5.74, 6) is -0.702. The molecule has 0 aromatic carbocycles. The summed E-state index contributed by atoms with van der Waals surface area (Å²) in [5, 5.41) is 64.2. The summed E-state index contributed by atoms with van der Waals surface area (Å²) in [6, 6.07) is -1.03. The van der Waals surface area contributed by atoms with Crippen LogP contribution in [0.3, 0.4) is 0 Å². The fourth-order valence-corrected chi connectivity index (χ4v) is 5.94. The highest BCUT2D eigenvalue weighted by Crippen LogP contribution is 2.22. The molecule has 1 heterocycles. The van der Waals surface area contributed by atoms with Gasteiger partial charge < -0.3 is 45.4 Å². The van der Waals surface area contributed by atoms with Gasteiger partial charge in [0.05, 0.1) is 25.4 Å². The molecule has 10 heteroatoms. The fraction of sp³-hybridized carbons (Fsp3) is 0.744. The van der Waals surface area contributed by atoms with E-state index in [1.165, 1.54) is 77.0 Å². The average Bonchev–Trinajstić information content (AvgIpc) is 3.16. The Morgan fingerprint density at radius 2 is 1.17 bits per heavy atom. The minimum Gasteiger partial charge on any atom is -0.394 e. The van der Waals surface area contributed by atoms with Crippen molar-refractivity contribution in [2.75, 3.05) is 13.2 Å². The highest BCUT2D eigenvalue weighted by atomic mass is 16.7. The second kappa shape index (κ2) is 33.2. The van der Waals surface area contributed by atoms with E-state index in [2.05, 4.69) is 55.6 Å². The quantitative estimate of drug-likeness (QED) is 0.0295. The first-order chi connectivity index (χ1) is 25.8. The van der Waals surface area contributed by atoms with Gasteiger partial charge in [0.2, 0.25) is 5.91 Å². The molecule has 0 radical (unpaired) electrons. The Morgan fingerprint density at radius 3 is 1.75 bits per heavy atom. The van der Waals surface area contributed by atoms with E-state index in [9.17, 15) is 35.4 Å². The molecule has 1 fully saturated rings. The van der Waals surface area contributed by atoms with E-state index < -0.39 is 61.5 Å². The molecule has 0 aromatic rings. The maximum atomic E-state index is 12.9. The predicted molar refractivity (Wildman–Crippen MR) is 213 cm³/mol. The number of amides is 1. The molecule has 53 heavy (non-hydrogen) atoms. The van der Waals surface area contributed by atoms with Gasteiger partial charge in [-0.1, -0.05) is 139 Å². The summed E-state index contributed by atoms with van der Waals surface area (Å²) < 4.78 is 11.1. The summed E-state index contributed by atoms with van der Waals surface area (Å²) in [5.41, 5.74) is 0. The van der Waals surface area contributed by atoms with Crippen LogP contribution in [0.25, 0.3) is 0 Å². The summed E-state index contributed by atoms with van der Waals surface area (Å²) in [7, 11) is 0. The van der Waals surface area contributed by atoms with Crippen LogP contribution >= 0.6 is 0 Å². The average molecular weight is 750 g/mol. The molecule has 0 spiro atoms. The molecular formula is C43H75NO9. The Morgan fingerprint density at radius 1 is 0.660 bits per heavy atom. The van der Waals surface area contributed by atoms with E-state index >= 15 is 0 Å². The molecule has 7 N–H and O–H groups in total. The summed E-state index contributed by atoms with van der Waals surface area (Å²) in [6.45, 7) is 3.49. The molecule has 306 valence electrons. The third-order valence-corrected chi connectivity index (χ3v) is 9.41. The van der Waals surface area contributed by atoms with Crippen LogP contribution in [0, 0.1) is 0 Å². The van der Waals surface area contributed by atoms with Crippen molar-refractivity contribution in [3.8, 4) is 0 Å². The van der Waals surface area contributed by atoms with Gasteiger partial charge >= 0.3 is 0 Å². The van der Waals surface area contributed by atoms with E-state index in [0.717, 1.165) is 32.1 Å². The first-order valence-electron chi connectivity index (χ1n) is 20.6. The second-order valence-electron chi connectivity index (χ2n) is 14.2. The van der Waals surface area contributed by atoms with Crippen LogP contribution in [-0.2, 0) is 14.3 Å². The number of aliphatic hydroxyl groups excluding tert-OH is 6. The van der Waals surface area contributed by atoms with E-state index in [0.29, 0.717) is 12.8 Å². The maximum absolute atomic E-state index is 12.9. The molecule has 0 bridgehead atoms. The molecule has 1 amide bonds. The standard InChI is InChI=1S/C43H75NO9/c1-3-5-7-9-11-13-15-17-18-19-20-22-23-25-27-29-31-36(46)35(34-52-43-41(50)40(49)39(48)38(33-45)53-43)44-42(51)37(47)32-30-28-26-24-21-16-14-12-10-8-6-4-2/h17-18,21-24,28-31,35-41,43,45-50H,3-16,19-20,25-27,32-34H2,1-2H3,(H,44,51)/b18-17+,23-22+,24-21-,30-28-,31-29+. The van der Waals surface area contributed by atoms with Gasteiger partial charge in [0.15, 0.2) is 6.29 Å². The van der Waals surface area contributed by atoms with Crippen LogP contribution in [0.2, 0.25) is 0 Å². The number of carbonyl (C=O) groups excluding carboxylic acids is 1. The topological polar surface area (TPSA) is 169 Å². The van der Waals surface area contributed by atoms with Crippen LogP contribution in [-0.4, -0.2) is 98.7 Å². The van der Waals surface area contributed by atoms with Gasteiger partial charge in [-0.3, -0.25) is 4.79 Å². The van der Waals surface area contributed by atoms with Gasteiger partial charge in [0, 0.05) is 6.42 Å². The number of ether oxygens (including phenoxy) is 2. The number of hydrogen-bond donors (Lipinski definition) is 7. The van der Waals surface area contributed by atoms with Gasteiger partial charge in [-0.25, -0.2) is 0 Å². The molecule has 0 saturated carbocycles. The van der Waals surface area contributed by atoms with Crippen molar-refractivity contribution in [2.45, 2.75) is 191 Å². The second-order valence-corrected chi connectivity index (χ2v) is 14.2. The largest absolute Gasteiger partial charge is 0.394 e. The Labute approximate surface area is 320 Å². The Bertz CT molecular complexity index is 1030. The lowest BCUT2D eigenvalue weighted by atomic mass is 9.99. The lowest BCUT2D eigenvalue weighted by Crippen LogP contribution is -2.60. The minimum atomic E-state index is -1.63. The summed E-state index contributed by atoms with van der Waals surface area (Å²) in [4.78, 5) is 12.9. The first-order valence-corrected chi connectivity index (χ1v) is 20.6. The molecule has 8 unspecified atom stereocenters. The number of nitrogens with one attached hydrogen (secondary N) is 1. The molecule has 0 aliphatic carbocycles. The summed E-state index contributed by atoms with van der Waals surface area (Å²) >= 11 is 0. The third-order valence-electron chi connectivity index (χ3n) is 9.41. The van der Waals surface area contributed by atoms with Crippen LogP contribution in [0.15, 0.2) is 60.8 Å². The molecule has 8 atom stereocenters. The molecule has 0 aromatic heterocycles. The molecule has 10 nitrogen and oxygen atoms in total. The lowest BCUT2D eigenvalue weighted by molar-refractivity contribution is -0.302. The van der Waals surface area contributed by atoms with E-state index in [-0.39, 0.29) is 13.0 Å². The van der Waals surface area contributed by atoms with Crippen molar-refractivity contribution in [1.82, 2.24) is 5.32 Å². The van der Waals surface area contributed by atoms with Crippen LogP contribution in [0.4, 0.5) is 0 Å². The number of unbranched alkanes of at least 4 members (excludes halogenated alkanes) is 14. The highest BCUT2D eigenvalue weighted by molar-refractivity contribution is 5.81. The molecule has 1 aliphatic rings. The van der Waals surface area contributed by atoms with Gasteiger partial charge in [-0.15, -0.1) is 0 Å². The number of allylic oxidation sites excluding steroid dienone is 8. The van der Waals surface area contributed by atoms with Gasteiger partial charge in [-0.05, 0) is 57.8 Å². The van der Waals surface area contributed by atoms with Gasteiger partial charge in [0.25, 0.3) is 0 Å². The maximum Gasteiger partial charge on any atom is 0.249 e. The third kappa shape index (κ3) is 24.1. The molecule has 1 aliphatic heterocycles. The zero-order valence-electron chi connectivity index (χ0n) is 32.9. The smallest absolute Gasteiger partial charge is 0.249 e. The van der Waals surface area contributed by atoms with Crippen LogP contribution < -0.4 is 5.32 Å². The van der Waals surface area contributed by atoms with E-state index in [1.54, 1.807) is 12.2 Å². The zero-order chi connectivity index (χ0) is 38.9. The van der Waals surface area contributed by atoms with E-state index in [1.807, 2.05) is 12.2 Å². The molecule has 1 saturated heterocycles. The monoisotopic (exact) mass is 750 g/mol. The molecule has 1 rings (SSSR count).